The minimum Gasteiger partial charge on any atom is -0.396 e. The largest absolute Gasteiger partial charge is 0.396 e. The number of aliphatic hydroxyl groups excluding tert-OH is 1. The van der Waals surface area contributed by atoms with Gasteiger partial charge in [-0.15, -0.1) is 0 Å². The second-order valence-corrected chi connectivity index (χ2v) is 6.18. The molecule has 0 heterocycles. The van der Waals surface area contributed by atoms with Crippen LogP contribution in [0.25, 0.3) is 0 Å². The molecule has 0 unspecified atom stereocenters. The van der Waals surface area contributed by atoms with Crippen molar-refractivity contribution in [3.63, 3.8) is 0 Å². The van der Waals surface area contributed by atoms with E-state index in [0.717, 1.165) is 6.42 Å². The molecule has 0 aromatic rings. The molecule has 0 aromatic carbocycles. The zero-order chi connectivity index (χ0) is 14.2. The van der Waals surface area contributed by atoms with Crippen LogP contribution < -0.4 is 0 Å². The van der Waals surface area contributed by atoms with Gasteiger partial charge in [-0.3, -0.25) is 0 Å². The Bertz CT molecular complexity index is 250. The number of allylic oxidation sites excluding steroid dienone is 1. The first-order valence-electron chi connectivity index (χ1n) is 6.71. The predicted molar refractivity (Wildman–Crippen MR) is 75.8 cm³/mol. The first-order valence-corrected chi connectivity index (χ1v) is 6.71. The highest BCUT2D eigenvalue weighted by Crippen LogP contribution is 2.19. The summed E-state index contributed by atoms with van der Waals surface area (Å²) in [4.78, 5) is 0. The topological polar surface area (TPSA) is 38.7 Å². The van der Waals surface area contributed by atoms with Crippen molar-refractivity contribution in [3.05, 3.63) is 11.6 Å². The van der Waals surface area contributed by atoms with Gasteiger partial charge in [-0.25, -0.2) is 0 Å². The van der Waals surface area contributed by atoms with Crippen LogP contribution in [0.5, 0.6) is 0 Å². The van der Waals surface area contributed by atoms with Gasteiger partial charge in [0, 0.05) is 6.61 Å². The molecule has 18 heavy (non-hydrogen) atoms. The van der Waals surface area contributed by atoms with Gasteiger partial charge in [-0.1, -0.05) is 11.6 Å². The fourth-order valence-corrected chi connectivity index (χ4v) is 1.42. The van der Waals surface area contributed by atoms with Gasteiger partial charge < -0.3 is 14.6 Å². The van der Waals surface area contributed by atoms with E-state index in [0.29, 0.717) is 19.6 Å². The number of aliphatic hydroxyl groups is 1. The summed E-state index contributed by atoms with van der Waals surface area (Å²) < 4.78 is 11.6. The van der Waals surface area contributed by atoms with Crippen molar-refractivity contribution < 1.29 is 14.6 Å². The molecule has 0 radical (unpaired) electrons. The van der Waals surface area contributed by atoms with E-state index in [1.807, 2.05) is 13.8 Å². The lowest BCUT2D eigenvalue weighted by Crippen LogP contribution is -2.31. The van der Waals surface area contributed by atoms with Crippen LogP contribution in [0.2, 0.25) is 0 Å². The molecule has 0 aliphatic heterocycles. The Kier molecular flexibility index (Phi) is 7.76. The van der Waals surface area contributed by atoms with E-state index in [1.54, 1.807) is 0 Å². The maximum atomic E-state index is 8.92. The van der Waals surface area contributed by atoms with Crippen molar-refractivity contribution in [2.24, 2.45) is 0 Å². The Labute approximate surface area is 112 Å². The van der Waals surface area contributed by atoms with Crippen LogP contribution in [0.15, 0.2) is 11.6 Å². The second-order valence-electron chi connectivity index (χ2n) is 6.18. The highest BCUT2D eigenvalue weighted by atomic mass is 16.5. The molecule has 0 aromatic heterocycles. The second kappa shape index (κ2) is 7.93. The minimum atomic E-state index is -0.259. The Morgan fingerprint density at radius 1 is 1.00 bits per heavy atom. The summed E-state index contributed by atoms with van der Waals surface area (Å²) in [6, 6.07) is 0. The summed E-state index contributed by atoms with van der Waals surface area (Å²) in [7, 11) is 0. The number of ether oxygens (including phenoxy) is 2. The first-order chi connectivity index (χ1) is 8.18. The normalized spacial score (nSPS) is 12.6. The molecule has 0 aliphatic carbocycles. The number of hydrogen-bond acceptors (Lipinski definition) is 3. The number of rotatable bonds is 9. The third-order valence-corrected chi connectivity index (χ3v) is 2.88. The van der Waals surface area contributed by atoms with Crippen LogP contribution in [0.4, 0.5) is 0 Å². The number of hydrogen-bond donors (Lipinski definition) is 1. The monoisotopic (exact) mass is 258 g/mol. The molecule has 0 saturated heterocycles. The lowest BCUT2D eigenvalue weighted by molar-refractivity contribution is -0.0721. The predicted octanol–water partition coefficient (Wildman–Crippen LogP) is 3.32. The van der Waals surface area contributed by atoms with Gasteiger partial charge in [0.2, 0.25) is 0 Å². The average molecular weight is 258 g/mol. The Hall–Kier alpha value is -0.380. The lowest BCUT2D eigenvalue weighted by Gasteiger charge is -2.29. The van der Waals surface area contributed by atoms with Gasteiger partial charge in [0.1, 0.15) is 0 Å². The van der Waals surface area contributed by atoms with Gasteiger partial charge in [0.25, 0.3) is 0 Å². The average Bonchev–Trinajstić information content (AvgIpc) is 2.15. The van der Waals surface area contributed by atoms with Crippen LogP contribution in [0, 0.1) is 0 Å². The van der Waals surface area contributed by atoms with Crippen LogP contribution in [0.3, 0.4) is 0 Å². The maximum Gasteiger partial charge on any atom is 0.0657 e. The summed E-state index contributed by atoms with van der Waals surface area (Å²) in [5.74, 6) is 0. The maximum absolute atomic E-state index is 8.92. The van der Waals surface area contributed by atoms with E-state index < -0.39 is 0 Å². The molecule has 0 spiro atoms. The smallest absolute Gasteiger partial charge is 0.0657 e. The Morgan fingerprint density at radius 2 is 1.56 bits per heavy atom. The van der Waals surface area contributed by atoms with Gasteiger partial charge in [-0.05, 0) is 54.4 Å². The third-order valence-electron chi connectivity index (χ3n) is 2.88. The summed E-state index contributed by atoms with van der Waals surface area (Å²) in [5.41, 5.74) is 0.831. The van der Waals surface area contributed by atoms with E-state index in [9.17, 15) is 0 Å². The molecular formula is C15H30O3. The molecule has 3 heteroatoms. The zero-order valence-corrected chi connectivity index (χ0v) is 12.9. The van der Waals surface area contributed by atoms with Crippen molar-refractivity contribution in [2.45, 2.75) is 65.6 Å². The van der Waals surface area contributed by atoms with Crippen molar-refractivity contribution in [1.29, 1.82) is 0 Å². The van der Waals surface area contributed by atoms with E-state index in [1.165, 1.54) is 5.57 Å². The summed E-state index contributed by atoms with van der Waals surface area (Å²) in [6.07, 6.45) is 3.59. The van der Waals surface area contributed by atoms with Crippen molar-refractivity contribution >= 4 is 0 Å². The molecule has 0 saturated carbocycles. The molecule has 0 aliphatic rings. The van der Waals surface area contributed by atoms with Gasteiger partial charge in [0.15, 0.2) is 0 Å². The van der Waals surface area contributed by atoms with E-state index in [4.69, 9.17) is 14.6 Å². The molecule has 0 amide bonds. The van der Waals surface area contributed by atoms with Crippen LogP contribution in [-0.2, 0) is 9.47 Å². The lowest BCUT2D eigenvalue weighted by atomic mass is 10.0. The minimum absolute atomic E-state index is 0.160. The van der Waals surface area contributed by atoms with Crippen molar-refractivity contribution in [2.75, 3.05) is 19.8 Å². The first kappa shape index (κ1) is 17.6. The van der Waals surface area contributed by atoms with Crippen LogP contribution >= 0.6 is 0 Å². The molecular weight excluding hydrogens is 228 g/mol. The summed E-state index contributed by atoms with van der Waals surface area (Å²) in [6.45, 7) is 13.7. The van der Waals surface area contributed by atoms with Gasteiger partial charge in [-0.2, -0.15) is 0 Å². The zero-order valence-electron chi connectivity index (χ0n) is 12.9. The van der Waals surface area contributed by atoms with Gasteiger partial charge in [0.05, 0.1) is 24.4 Å². The fraction of sp³-hybridized carbons (Fsp3) is 0.867. The molecule has 108 valence electrons. The Morgan fingerprint density at radius 3 is 2.06 bits per heavy atom. The third kappa shape index (κ3) is 9.63. The van der Waals surface area contributed by atoms with E-state index in [2.05, 4.69) is 33.8 Å². The van der Waals surface area contributed by atoms with E-state index >= 15 is 0 Å². The quantitative estimate of drug-likeness (QED) is 0.645. The van der Waals surface area contributed by atoms with Crippen LogP contribution in [-0.4, -0.2) is 36.1 Å². The Balaban J connectivity index is 3.93. The summed E-state index contributed by atoms with van der Waals surface area (Å²) in [5, 5.41) is 8.92. The molecule has 3 nitrogen and oxygen atoms in total. The fourth-order valence-electron chi connectivity index (χ4n) is 1.42. The highest BCUT2D eigenvalue weighted by Gasteiger charge is 2.22. The van der Waals surface area contributed by atoms with Gasteiger partial charge >= 0.3 is 0 Å². The molecule has 0 fully saturated rings. The van der Waals surface area contributed by atoms with Crippen molar-refractivity contribution in [1.82, 2.24) is 0 Å². The standard InChI is InChI=1S/C15H30O3/c1-13(2)7-11-17-15(5,6)9-12-18-14(3,4)8-10-16/h7,16H,8-12H2,1-6H3. The molecule has 0 bridgehead atoms. The summed E-state index contributed by atoms with van der Waals surface area (Å²) >= 11 is 0. The van der Waals surface area contributed by atoms with Crippen LogP contribution in [0.1, 0.15) is 54.4 Å². The van der Waals surface area contributed by atoms with Crippen molar-refractivity contribution in [3.8, 4) is 0 Å². The molecule has 1 N–H and O–H groups in total. The SMILES string of the molecule is CC(C)=CCOC(C)(C)CCOC(C)(C)CCO. The highest BCUT2D eigenvalue weighted by molar-refractivity contribution is 4.93. The molecule has 0 atom stereocenters. The molecule has 0 rings (SSSR count). The van der Waals surface area contributed by atoms with E-state index in [-0.39, 0.29) is 17.8 Å².